The highest BCUT2D eigenvalue weighted by molar-refractivity contribution is 7.07. The molecule has 2 aromatic heterocycles. The third kappa shape index (κ3) is 5.60. The second-order valence-corrected chi connectivity index (χ2v) is 12.3. The van der Waals surface area contributed by atoms with Crippen molar-refractivity contribution in [2.24, 2.45) is 4.99 Å². The van der Waals surface area contributed by atoms with E-state index in [0.717, 1.165) is 39.3 Å². The van der Waals surface area contributed by atoms with E-state index in [-0.39, 0.29) is 12.2 Å². The Morgan fingerprint density at radius 2 is 1.50 bits per heavy atom. The Balaban J connectivity index is 1.49. The summed E-state index contributed by atoms with van der Waals surface area (Å²) in [7, 11) is 1.60. The zero-order valence-electron chi connectivity index (χ0n) is 26.8. The Morgan fingerprint density at radius 1 is 0.875 bits per heavy atom. The molecule has 7 rings (SSSR count). The van der Waals surface area contributed by atoms with Crippen LogP contribution in [-0.2, 0) is 9.53 Å². The molecule has 0 N–H and O–H groups in total. The van der Waals surface area contributed by atoms with E-state index in [2.05, 4.69) is 47.0 Å². The molecule has 0 spiro atoms. The lowest BCUT2D eigenvalue weighted by Crippen LogP contribution is -2.39. The SMILES string of the molecule is CCOC(=O)C1=C(C)N=c2s/c(=C\c3cc(-c4ccccc4)n(-c4ccccc4)c3-c3ccccc3)c(=O)n2[C@H]1c1ccc(OC)cc1. The summed E-state index contributed by atoms with van der Waals surface area (Å²) in [6.45, 7) is 3.76. The van der Waals surface area contributed by atoms with Gasteiger partial charge in [-0.05, 0) is 66.9 Å². The average Bonchev–Trinajstić information content (AvgIpc) is 3.65. The van der Waals surface area contributed by atoms with Crippen LogP contribution < -0.4 is 19.6 Å². The van der Waals surface area contributed by atoms with Crippen molar-refractivity contribution in [2.45, 2.75) is 19.9 Å². The van der Waals surface area contributed by atoms with Crippen LogP contribution in [0.3, 0.4) is 0 Å². The largest absolute Gasteiger partial charge is 0.497 e. The van der Waals surface area contributed by atoms with Crippen molar-refractivity contribution in [1.82, 2.24) is 9.13 Å². The molecule has 1 aliphatic rings. The molecule has 0 saturated carbocycles. The highest BCUT2D eigenvalue weighted by atomic mass is 32.1. The summed E-state index contributed by atoms with van der Waals surface area (Å²) < 4.78 is 15.2. The highest BCUT2D eigenvalue weighted by Crippen LogP contribution is 2.37. The fourth-order valence-corrected chi connectivity index (χ4v) is 7.27. The molecule has 0 saturated heterocycles. The van der Waals surface area contributed by atoms with E-state index in [4.69, 9.17) is 14.5 Å². The molecule has 8 heteroatoms. The smallest absolute Gasteiger partial charge is 0.338 e. The Morgan fingerprint density at radius 3 is 2.12 bits per heavy atom. The lowest BCUT2D eigenvalue weighted by atomic mass is 9.96. The minimum atomic E-state index is -0.712. The summed E-state index contributed by atoms with van der Waals surface area (Å²) in [5, 5.41) is 0. The fourth-order valence-electron chi connectivity index (χ4n) is 6.23. The van der Waals surface area contributed by atoms with E-state index in [0.29, 0.717) is 26.4 Å². The summed E-state index contributed by atoms with van der Waals surface area (Å²) in [4.78, 5) is 33.2. The Kier molecular flexibility index (Phi) is 8.48. The van der Waals surface area contributed by atoms with Gasteiger partial charge in [-0.15, -0.1) is 0 Å². The summed E-state index contributed by atoms with van der Waals surface area (Å²) >= 11 is 1.31. The number of rotatable bonds is 8. The third-order valence-corrected chi connectivity index (χ3v) is 9.38. The van der Waals surface area contributed by atoms with Crippen LogP contribution in [0, 0.1) is 0 Å². The molecule has 0 amide bonds. The normalized spacial score (nSPS) is 14.4. The quantitative estimate of drug-likeness (QED) is 0.167. The molecule has 0 radical (unpaired) electrons. The Hall–Kier alpha value is -5.73. The predicted molar refractivity (Wildman–Crippen MR) is 190 cm³/mol. The van der Waals surface area contributed by atoms with Gasteiger partial charge in [0.15, 0.2) is 4.80 Å². The molecule has 0 fully saturated rings. The molecule has 3 heterocycles. The van der Waals surface area contributed by atoms with Crippen LogP contribution in [0.1, 0.15) is 31.0 Å². The number of ether oxygens (including phenoxy) is 2. The first-order valence-corrected chi connectivity index (χ1v) is 16.6. The molecule has 0 unspecified atom stereocenters. The van der Waals surface area contributed by atoms with Gasteiger partial charge in [0, 0.05) is 11.3 Å². The Labute approximate surface area is 282 Å². The minimum absolute atomic E-state index is 0.208. The number of thiazole rings is 1. The maximum absolute atomic E-state index is 14.5. The zero-order chi connectivity index (χ0) is 33.2. The summed E-state index contributed by atoms with van der Waals surface area (Å²) in [6, 6.07) is 39.5. The summed E-state index contributed by atoms with van der Waals surface area (Å²) in [6.07, 6.45) is 1.95. The molecule has 7 nitrogen and oxygen atoms in total. The van der Waals surface area contributed by atoms with Crippen molar-refractivity contribution < 1.29 is 14.3 Å². The van der Waals surface area contributed by atoms with Crippen LogP contribution >= 0.6 is 11.3 Å². The van der Waals surface area contributed by atoms with Crippen LogP contribution in [0.5, 0.6) is 5.75 Å². The number of esters is 1. The maximum Gasteiger partial charge on any atom is 0.338 e. The topological polar surface area (TPSA) is 74.8 Å². The minimum Gasteiger partial charge on any atom is -0.497 e. The molecule has 4 aromatic carbocycles. The first-order valence-electron chi connectivity index (χ1n) is 15.7. The molecule has 238 valence electrons. The standard InChI is InChI=1S/C40H33N3O4S/c1-4-47-39(45)35-26(2)41-40-43(37(35)29-20-22-32(46-3)23-21-29)38(44)34(48-40)25-30-24-33(27-14-8-5-9-15-27)42(31-18-12-7-13-19-31)36(30)28-16-10-6-11-17-28/h5-25,37H,4H2,1-3H3/b34-25-/t37-/m0/s1. The number of hydrogen-bond acceptors (Lipinski definition) is 6. The molecule has 1 aliphatic heterocycles. The van der Waals surface area contributed by atoms with E-state index in [1.165, 1.54) is 11.3 Å². The number of methoxy groups -OCH3 is 1. The van der Waals surface area contributed by atoms with Crippen molar-refractivity contribution in [3.8, 4) is 34.0 Å². The summed E-state index contributed by atoms with van der Waals surface area (Å²) in [5.74, 6) is 0.183. The van der Waals surface area contributed by atoms with Gasteiger partial charge in [-0.25, -0.2) is 9.79 Å². The van der Waals surface area contributed by atoms with Gasteiger partial charge in [0.2, 0.25) is 0 Å². The number of benzene rings is 4. The van der Waals surface area contributed by atoms with Gasteiger partial charge >= 0.3 is 5.97 Å². The fraction of sp³-hybridized carbons (Fsp3) is 0.125. The zero-order valence-corrected chi connectivity index (χ0v) is 27.6. The molecule has 1 atom stereocenters. The van der Waals surface area contributed by atoms with Crippen LogP contribution in [0.15, 0.2) is 142 Å². The van der Waals surface area contributed by atoms with Gasteiger partial charge in [0.05, 0.1) is 46.9 Å². The number of allylic oxidation sites excluding steroid dienone is 1. The number of carbonyl (C=O) groups is 1. The molecular weight excluding hydrogens is 619 g/mol. The van der Waals surface area contributed by atoms with E-state index in [1.54, 1.807) is 25.5 Å². The van der Waals surface area contributed by atoms with Crippen molar-refractivity contribution in [3.05, 3.63) is 163 Å². The number of hydrogen-bond donors (Lipinski definition) is 0. The number of nitrogens with zero attached hydrogens (tertiary/aromatic N) is 3. The molecule has 0 bridgehead atoms. The lowest BCUT2D eigenvalue weighted by molar-refractivity contribution is -0.139. The van der Waals surface area contributed by atoms with Gasteiger partial charge in [0.1, 0.15) is 5.75 Å². The maximum atomic E-state index is 14.5. The van der Waals surface area contributed by atoms with Crippen LogP contribution in [0.25, 0.3) is 34.3 Å². The Bertz CT molecular complexity index is 2320. The van der Waals surface area contributed by atoms with Crippen molar-refractivity contribution in [3.63, 3.8) is 0 Å². The summed E-state index contributed by atoms with van der Waals surface area (Å²) in [5.41, 5.74) is 7.29. The number of fused-ring (bicyclic) bond motifs is 1. The van der Waals surface area contributed by atoms with Crippen molar-refractivity contribution in [2.75, 3.05) is 13.7 Å². The van der Waals surface area contributed by atoms with Gasteiger partial charge in [0.25, 0.3) is 5.56 Å². The molecular formula is C40H33N3O4S. The average molecular weight is 652 g/mol. The molecule has 0 aliphatic carbocycles. The molecule has 6 aromatic rings. The van der Waals surface area contributed by atoms with Crippen LogP contribution in [0.2, 0.25) is 0 Å². The van der Waals surface area contributed by atoms with Gasteiger partial charge in [-0.1, -0.05) is 102 Å². The van der Waals surface area contributed by atoms with Gasteiger partial charge < -0.3 is 14.0 Å². The van der Waals surface area contributed by atoms with Crippen LogP contribution in [-0.4, -0.2) is 28.8 Å². The second-order valence-electron chi connectivity index (χ2n) is 11.3. The number of aromatic nitrogens is 2. The van der Waals surface area contributed by atoms with Gasteiger partial charge in [-0.2, -0.15) is 0 Å². The monoisotopic (exact) mass is 651 g/mol. The predicted octanol–water partition coefficient (Wildman–Crippen LogP) is 6.93. The first-order chi connectivity index (χ1) is 23.5. The first kappa shape index (κ1) is 30.9. The van der Waals surface area contributed by atoms with Gasteiger partial charge in [-0.3, -0.25) is 9.36 Å². The second kappa shape index (κ2) is 13.2. The van der Waals surface area contributed by atoms with E-state index < -0.39 is 12.0 Å². The highest BCUT2D eigenvalue weighted by Gasteiger charge is 2.33. The molecule has 48 heavy (non-hydrogen) atoms. The van der Waals surface area contributed by atoms with Crippen molar-refractivity contribution >= 4 is 23.4 Å². The van der Waals surface area contributed by atoms with E-state index in [9.17, 15) is 9.59 Å². The van der Waals surface area contributed by atoms with E-state index in [1.807, 2.05) is 84.9 Å². The third-order valence-electron chi connectivity index (χ3n) is 8.40. The number of carbonyl (C=O) groups excluding carboxylic acids is 1. The van der Waals surface area contributed by atoms with E-state index >= 15 is 0 Å². The number of para-hydroxylation sites is 1. The lowest BCUT2D eigenvalue weighted by Gasteiger charge is -2.24. The van der Waals surface area contributed by atoms with Crippen molar-refractivity contribution in [1.29, 1.82) is 0 Å². The van der Waals surface area contributed by atoms with Crippen LogP contribution in [0.4, 0.5) is 0 Å².